The van der Waals surface area contributed by atoms with Crippen LogP contribution in [0, 0.1) is 0 Å². The van der Waals surface area contributed by atoms with E-state index >= 15 is 0 Å². The Labute approximate surface area is 94.6 Å². The monoisotopic (exact) mass is 226 g/mol. The zero-order chi connectivity index (χ0) is 10.9. The molecule has 1 aromatic rings. The fourth-order valence-electron chi connectivity index (χ4n) is 2.21. The van der Waals surface area contributed by atoms with Crippen LogP contribution in [0.2, 0.25) is 5.02 Å². The van der Waals surface area contributed by atoms with Crippen molar-refractivity contribution >= 4 is 11.6 Å². The second-order valence-electron chi connectivity index (χ2n) is 4.08. The lowest BCUT2D eigenvalue weighted by Crippen LogP contribution is -2.51. The van der Waals surface area contributed by atoms with E-state index in [2.05, 4.69) is 4.98 Å². The number of halogens is 1. The highest BCUT2D eigenvalue weighted by atomic mass is 35.5. The van der Waals surface area contributed by atoms with Gasteiger partial charge in [-0.15, -0.1) is 0 Å². The molecule has 2 rings (SSSR count). The third-order valence-electron chi connectivity index (χ3n) is 3.22. The second kappa shape index (κ2) is 4.08. The quantitative estimate of drug-likeness (QED) is 0.854. The molecule has 0 spiro atoms. The van der Waals surface area contributed by atoms with Crippen molar-refractivity contribution in [2.75, 3.05) is 13.7 Å². The molecule has 0 radical (unpaired) electrons. The van der Waals surface area contributed by atoms with Crippen molar-refractivity contribution in [1.82, 2.24) is 4.98 Å². The largest absolute Gasteiger partial charge is 0.381 e. The van der Waals surface area contributed by atoms with Gasteiger partial charge in [0.05, 0.1) is 16.8 Å². The molecule has 0 bridgehead atoms. The molecular formula is C11H15ClN2O. The summed E-state index contributed by atoms with van der Waals surface area (Å²) in [6.07, 6.45) is 3.89. The molecule has 1 fully saturated rings. The van der Waals surface area contributed by atoms with Gasteiger partial charge in [-0.1, -0.05) is 11.6 Å². The Kier molecular flexibility index (Phi) is 2.96. The lowest BCUT2D eigenvalue weighted by atomic mass is 9.64. The van der Waals surface area contributed by atoms with Crippen molar-refractivity contribution in [2.45, 2.75) is 24.4 Å². The number of methoxy groups -OCH3 is 1. The van der Waals surface area contributed by atoms with Crippen molar-refractivity contribution in [3.05, 3.63) is 29.0 Å². The minimum atomic E-state index is -0.0704. The Balaban J connectivity index is 2.26. The van der Waals surface area contributed by atoms with Crippen LogP contribution in [0.1, 0.15) is 18.5 Å². The van der Waals surface area contributed by atoms with Crippen molar-refractivity contribution in [1.29, 1.82) is 0 Å². The average molecular weight is 227 g/mol. The highest BCUT2D eigenvalue weighted by molar-refractivity contribution is 6.31. The Bertz CT molecular complexity index is 350. The average Bonchev–Trinajstić information content (AvgIpc) is 2.20. The van der Waals surface area contributed by atoms with Crippen LogP contribution in [0.5, 0.6) is 0 Å². The fourth-order valence-corrected chi connectivity index (χ4v) is 2.53. The van der Waals surface area contributed by atoms with E-state index in [0.29, 0.717) is 17.7 Å². The number of pyridine rings is 1. The van der Waals surface area contributed by atoms with E-state index in [4.69, 9.17) is 22.1 Å². The fraction of sp³-hybridized carbons (Fsp3) is 0.545. The molecular weight excluding hydrogens is 212 g/mol. The molecule has 15 heavy (non-hydrogen) atoms. The summed E-state index contributed by atoms with van der Waals surface area (Å²) in [5.41, 5.74) is 6.68. The Morgan fingerprint density at radius 1 is 1.67 bits per heavy atom. The minimum Gasteiger partial charge on any atom is -0.381 e. The van der Waals surface area contributed by atoms with Crippen LogP contribution < -0.4 is 5.73 Å². The zero-order valence-corrected chi connectivity index (χ0v) is 9.50. The summed E-state index contributed by atoms with van der Waals surface area (Å²) >= 11 is 6.13. The van der Waals surface area contributed by atoms with Crippen molar-refractivity contribution in [3.8, 4) is 0 Å². The van der Waals surface area contributed by atoms with Gasteiger partial charge in [0.25, 0.3) is 0 Å². The number of rotatable bonds is 3. The van der Waals surface area contributed by atoms with Gasteiger partial charge in [-0.05, 0) is 25.0 Å². The molecule has 1 aliphatic carbocycles. The maximum atomic E-state index is 6.13. The number of hydrogen-bond donors (Lipinski definition) is 1. The van der Waals surface area contributed by atoms with E-state index in [1.807, 2.05) is 12.1 Å². The molecule has 1 saturated carbocycles. The zero-order valence-electron chi connectivity index (χ0n) is 8.74. The predicted molar refractivity (Wildman–Crippen MR) is 60.0 cm³/mol. The molecule has 4 heteroatoms. The third-order valence-corrected chi connectivity index (χ3v) is 3.53. The second-order valence-corrected chi connectivity index (χ2v) is 4.49. The van der Waals surface area contributed by atoms with Gasteiger partial charge in [-0.3, -0.25) is 4.98 Å². The van der Waals surface area contributed by atoms with E-state index < -0.39 is 0 Å². The number of hydrogen-bond acceptors (Lipinski definition) is 3. The van der Waals surface area contributed by atoms with Gasteiger partial charge < -0.3 is 10.5 Å². The normalized spacial score (nSPS) is 29.9. The summed E-state index contributed by atoms with van der Waals surface area (Å²) in [6.45, 7) is 0.573. The van der Waals surface area contributed by atoms with Crippen LogP contribution in [0.3, 0.4) is 0 Å². The first-order valence-corrected chi connectivity index (χ1v) is 5.43. The SMILES string of the molecule is COC1CC(CN)(c2ncccc2Cl)C1. The van der Waals surface area contributed by atoms with E-state index in [1.165, 1.54) is 0 Å². The topological polar surface area (TPSA) is 48.1 Å². The van der Waals surface area contributed by atoms with Crippen molar-refractivity contribution in [2.24, 2.45) is 5.73 Å². The molecule has 0 saturated heterocycles. The summed E-state index contributed by atoms with van der Waals surface area (Å²) in [6, 6.07) is 3.70. The molecule has 1 aromatic heterocycles. The summed E-state index contributed by atoms with van der Waals surface area (Å²) in [7, 11) is 1.73. The maximum Gasteiger partial charge on any atom is 0.0665 e. The summed E-state index contributed by atoms with van der Waals surface area (Å²) in [5, 5.41) is 0.706. The number of nitrogens with two attached hydrogens (primary N) is 1. The number of nitrogens with zero attached hydrogens (tertiary/aromatic N) is 1. The van der Waals surface area contributed by atoms with Crippen LogP contribution in [0.4, 0.5) is 0 Å². The van der Waals surface area contributed by atoms with Gasteiger partial charge in [0.1, 0.15) is 0 Å². The van der Waals surface area contributed by atoms with Gasteiger partial charge in [0.2, 0.25) is 0 Å². The molecule has 0 amide bonds. The molecule has 0 unspecified atom stereocenters. The highest BCUT2D eigenvalue weighted by Gasteiger charge is 2.46. The van der Waals surface area contributed by atoms with E-state index in [-0.39, 0.29) is 5.41 Å². The van der Waals surface area contributed by atoms with Gasteiger partial charge in [0, 0.05) is 25.3 Å². The maximum absolute atomic E-state index is 6.13. The molecule has 2 N–H and O–H groups in total. The smallest absolute Gasteiger partial charge is 0.0665 e. The summed E-state index contributed by atoms with van der Waals surface area (Å²) in [4.78, 5) is 4.34. The van der Waals surface area contributed by atoms with Gasteiger partial charge >= 0.3 is 0 Å². The minimum absolute atomic E-state index is 0.0704. The van der Waals surface area contributed by atoms with Crippen LogP contribution in [-0.4, -0.2) is 24.7 Å². The molecule has 1 aliphatic rings. The van der Waals surface area contributed by atoms with Crippen molar-refractivity contribution in [3.63, 3.8) is 0 Å². The summed E-state index contributed by atoms with van der Waals surface area (Å²) < 4.78 is 5.28. The third kappa shape index (κ3) is 1.75. The lowest BCUT2D eigenvalue weighted by molar-refractivity contribution is -0.0166. The van der Waals surface area contributed by atoms with E-state index in [9.17, 15) is 0 Å². The first-order valence-electron chi connectivity index (χ1n) is 5.06. The molecule has 0 aromatic carbocycles. The molecule has 0 aliphatic heterocycles. The van der Waals surface area contributed by atoms with Crippen LogP contribution in [0.15, 0.2) is 18.3 Å². The molecule has 3 nitrogen and oxygen atoms in total. The van der Waals surface area contributed by atoms with Crippen LogP contribution in [-0.2, 0) is 10.2 Å². The standard InChI is InChI=1S/C11H15ClN2O/c1-15-8-5-11(6-8,7-13)10-9(12)3-2-4-14-10/h2-4,8H,5-7,13H2,1H3. The first-order chi connectivity index (χ1) is 7.22. The summed E-state index contributed by atoms with van der Waals surface area (Å²) in [5.74, 6) is 0. The Hall–Kier alpha value is -0.640. The number of ether oxygens (including phenoxy) is 1. The number of aromatic nitrogens is 1. The lowest BCUT2D eigenvalue weighted by Gasteiger charge is -2.46. The van der Waals surface area contributed by atoms with Crippen LogP contribution in [0.25, 0.3) is 0 Å². The van der Waals surface area contributed by atoms with Gasteiger partial charge in [0.15, 0.2) is 0 Å². The van der Waals surface area contributed by atoms with Crippen molar-refractivity contribution < 1.29 is 4.74 Å². The Morgan fingerprint density at radius 2 is 2.40 bits per heavy atom. The highest BCUT2D eigenvalue weighted by Crippen LogP contribution is 2.45. The van der Waals surface area contributed by atoms with Gasteiger partial charge in [-0.2, -0.15) is 0 Å². The molecule has 1 heterocycles. The predicted octanol–water partition coefficient (Wildman–Crippen LogP) is 1.74. The molecule has 0 atom stereocenters. The van der Waals surface area contributed by atoms with Gasteiger partial charge in [-0.25, -0.2) is 0 Å². The van der Waals surface area contributed by atoms with E-state index in [1.54, 1.807) is 13.3 Å². The molecule has 82 valence electrons. The van der Waals surface area contributed by atoms with Crippen LogP contribution >= 0.6 is 11.6 Å². The first kappa shape index (κ1) is 10.9. The Morgan fingerprint density at radius 3 is 2.93 bits per heavy atom. The van der Waals surface area contributed by atoms with E-state index in [0.717, 1.165) is 18.5 Å².